The van der Waals surface area contributed by atoms with E-state index in [1.807, 2.05) is 6.92 Å². The molecule has 0 aromatic carbocycles. The van der Waals surface area contributed by atoms with Gasteiger partial charge in [-0.2, -0.15) is 0 Å². The molecular formula is C15H28N2O2. The standard InChI is InChI=1S/C15H28N2O2/c1-11-4-3-5-12(8-11)6-7-17-14(18)15(2)10-19-9-13(15)16/h11-13H,3-10,16H2,1-2H3,(H,17,18). The number of nitrogens with one attached hydrogen (secondary N) is 1. The van der Waals surface area contributed by atoms with Crippen molar-refractivity contribution >= 4 is 5.91 Å². The lowest BCUT2D eigenvalue weighted by atomic mass is 9.80. The summed E-state index contributed by atoms with van der Waals surface area (Å²) in [6, 6.07) is -0.179. The van der Waals surface area contributed by atoms with E-state index in [1.165, 1.54) is 25.7 Å². The lowest BCUT2D eigenvalue weighted by Gasteiger charge is -2.28. The minimum Gasteiger partial charge on any atom is -0.379 e. The number of ether oxygens (including phenoxy) is 1. The lowest BCUT2D eigenvalue weighted by molar-refractivity contribution is -0.130. The molecule has 2 rings (SSSR count). The third-order valence-electron chi connectivity index (χ3n) is 4.92. The molecular weight excluding hydrogens is 240 g/mol. The van der Waals surface area contributed by atoms with E-state index in [4.69, 9.17) is 10.5 Å². The molecule has 3 N–H and O–H groups in total. The van der Waals surface area contributed by atoms with E-state index in [2.05, 4.69) is 12.2 Å². The average molecular weight is 268 g/mol. The number of rotatable bonds is 4. The molecule has 1 aliphatic carbocycles. The summed E-state index contributed by atoms with van der Waals surface area (Å²) in [6.45, 7) is 5.95. The zero-order valence-corrected chi connectivity index (χ0v) is 12.3. The molecule has 0 radical (unpaired) electrons. The maximum Gasteiger partial charge on any atom is 0.229 e. The normalized spacial score (nSPS) is 39.2. The molecule has 4 unspecified atom stereocenters. The van der Waals surface area contributed by atoms with E-state index >= 15 is 0 Å². The first-order chi connectivity index (χ1) is 9.02. The highest BCUT2D eigenvalue weighted by Crippen LogP contribution is 2.31. The van der Waals surface area contributed by atoms with Crippen molar-refractivity contribution in [2.75, 3.05) is 19.8 Å². The minimum absolute atomic E-state index is 0.0568. The molecule has 2 fully saturated rings. The van der Waals surface area contributed by atoms with E-state index in [0.717, 1.165) is 24.8 Å². The minimum atomic E-state index is -0.542. The van der Waals surface area contributed by atoms with Gasteiger partial charge in [-0.25, -0.2) is 0 Å². The van der Waals surface area contributed by atoms with Crippen molar-refractivity contribution in [1.82, 2.24) is 5.32 Å². The van der Waals surface area contributed by atoms with Crippen molar-refractivity contribution in [2.24, 2.45) is 23.0 Å². The van der Waals surface area contributed by atoms with E-state index < -0.39 is 5.41 Å². The van der Waals surface area contributed by atoms with Crippen molar-refractivity contribution in [3.8, 4) is 0 Å². The molecule has 110 valence electrons. The van der Waals surface area contributed by atoms with Crippen LogP contribution in [0.1, 0.15) is 46.0 Å². The van der Waals surface area contributed by atoms with Crippen molar-refractivity contribution in [3.63, 3.8) is 0 Å². The van der Waals surface area contributed by atoms with Gasteiger partial charge < -0.3 is 15.8 Å². The quantitative estimate of drug-likeness (QED) is 0.815. The van der Waals surface area contributed by atoms with Crippen LogP contribution in [-0.4, -0.2) is 31.7 Å². The molecule has 1 saturated heterocycles. The highest BCUT2D eigenvalue weighted by atomic mass is 16.5. The van der Waals surface area contributed by atoms with Gasteiger partial charge in [0, 0.05) is 12.6 Å². The second kappa shape index (κ2) is 6.23. The van der Waals surface area contributed by atoms with Crippen molar-refractivity contribution < 1.29 is 9.53 Å². The SMILES string of the molecule is CC1CCCC(CCNC(=O)C2(C)COCC2N)C1. The number of nitrogens with two attached hydrogens (primary N) is 1. The Morgan fingerprint density at radius 1 is 1.47 bits per heavy atom. The Balaban J connectivity index is 1.72. The van der Waals surface area contributed by atoms with Gasteiger partial charge in [0.15, 0.2) is 0 Å². The zero-order valence-electron chi connectivity index (χ0n) is 12.3. The summed E-state index contributed by atoms with van der Waals surface area (Å²) in [4.78, 5) is 12.2. The summed E-state index contributed by atoms with van der Waals surface area (Å²) in [6.07, 6.45) is 6.45. The van der Waals surface area contributed by atoms with Gasteiger partial charge in [-0.15, -0.1) is 0 Å². The molecule has 1 amide bonds. The molecule has 0 aromatic heterocycles. The molecule has 4 atom stereocenters. The summed E-state index contributed by atoms with van der Waals surface area (Å²) in [5.41, 5.74) is 5.42. The second-order valence-corrected chi connectivity index (χ2v) is 6.72. The Morgan fingerprint density at radius 3 is 2.89 bits per heavy atom. The van der Waals surface area contributed by atoms with Crippen LogP contribution in [0.2, 0.25) is 0 Å². The van der Waals surface area contributed by atoms with Gasteiger partial charge in [0.1, 0.15) is 0 Å². The molecule has 0 spiro atoms. The van der Waals surface area contributed by atoms with Gasteiger partial charge in [-0.3, -0.25) is 4.79 Å². The van der Waals surface area contributed by atoms with Crippen molar-refractivity contribution in [2.45, 2.75) is 52.0 Å². The van der Waals surface area contributed by atoms with Crippen LogP contribution in [0.15, 0.2) is 0 Å². The van der Waals surface area contributed by atoms with E-state index in [9.17, 15) is 4.79 Å². The third-order valence-corrected chi connectivity index (χ3v) is 4.92. The molecule has 19 heavy (non-hydrogen) atoms. The Labute approximate surface area is 116 Å². The Kier molecular flexibility index (Phi) is 4.85. The Hall–Kier alpha value is -0.610. The zero-order chi connectivity index (χ0) is 13.9. The molecule has 0 bridgehead atoms. The van der Waals surface area contributed by atoms with Gasteiger partial charge in [-0.05, 0) is 31.6 Å². The van der Waals surface area contributed by atoms with Gasteiger partial charge in [0.05, 0.1) is 18.6 Å². The van der Waals surface area contributed by atoms with Crippen LogP contribution >= 0.6 is 0 Å². The number of carbonyl (C=O) groups excluding carboxylic acids is 1. The van der Waals surface area contributed by atoms with Gasteiger partial charge >= 0.3 is 0 Å². The fraction of sp³-hybridized carbons (Fsp3) is 0.933. The number of amides is 1. The molecule has 0 aromatic rings. The van der Waals surface area contributed by atoms with Gasteiger partial charge in [0.2, 0.25) is 5.91 Å². The second-order valence-electron chi connectivity index (χ2n) is 6.72. The van der Waals surface area contributed by atoms with E-state index in [1.54, 1.807) is 0 Å². The maximum atomic E-state index is 12.2. The van der Waals surface area contributed by atoms with Crippen LogP contribution in [0.4, 0.5) is 0 Å². The first-order valence-corrected chi connectivity index (χ1v) is 7.64. The summed E-state index contributed by atoms with van der Waals surface area (Å²) >= 11 is 0. The molecule has 2 aliphatic rings. The molecule has 1 saturated carbocycles. The van der Waals surface area contributed by atoms with Crippen LogP contribution in [0.3, 0.4) is 0 Å². The summed E-state index contributed by atoms with van der Waals surface area (Å²) < 4.78 is 5.32. The van der Waals surface area contributed by atoms with Crippen LogP contribution in [-0.2, 0) is 9.53 Å². The molecule has 4 heteroatoms. The van der Waals surface area contributed by atoms with E-state index in [0.29, 0.717) is 13.2 Å². The smallest absolute Gasteiger partial charge is 0.229 e. The topological polar surface area (TPSA) is 64.3 Å². The highest BCUT2D eigenvalue weighted by molar-refractivity contribution is 5.83. The maximum absolute atomic E-state index is 12.2. The van der Waals surface area contributed by atoms with Crippen molar-refractivity contribution in [1.29, 1.82) is 0 Å². The molecule has 4 nitrogen and oxygen atoms in total. The number of hydrogen-bond donors (Lipinski definition) is 2. The number of carbonyl (C=O) groups is 1. The predicted molar refractivity (Wildman–Crippen MR) is 75.7 cm³/mol. The fourth-order valence-corrected chi connectivity index (χ4v) is 3.34. The lowest BCUT2D eigenvalue weighted by Crippen LogP contribution is -2.50. The molecule has 1 aliphatic heterocycles. The first kappa shape index (κ1) is 14.8. The Morgan fingerprint density at radius 2 is 2.26 bits per heavy atom. The monoisotopic (exact) mass is 268 g/mol. The number of hydrogen-bond acceptors (Lipinski definition) is 3. The molecule has 1 heterocycles. The Bertz CT molecular complexity index is 321. The van der Waals surface area contributed by atoms with Crippen LogP contribution < -0.4 is 11.1 Å². The van der Waals surface area contributed by atoms with Gasteiger partial charge in [0.25, 0.3) is 0 Å². The summed E-state index contributed by atoms with van der Waals surface area (Å²) in [5, 5.41) is 3.06. The third kappa shape index (κ3) is 3.48. The predicted octanol–water partition coefficient (Wildman–Crippen LogP) is 1.68. The average Bonchev–Trinajstić information content (AvgIpc) is 2.71. The fourth-order valence-electron chi connectivity index (χ4n) is 3.34. The van der Waals surface area contributed by atoms with Crippen LogP contribution in [0.25, 0.3) is 0 Å². The van der Waals surface area contributed by atoms with Crippen LogP contribution in [0.5, 0.6) is 0 Å². The van der Waals surface area contributed by atoms with Crippen molar-refractivity contribution in [3.05, 3.63) is 0 Å². The largest absolute Gasteiger partial charge is 0.379 e. The van der Waals surface area contributed by atoms with E-state index in [-0.39, 0.29) is 11.9 Å². The summed E-state index contributed by atoms with van der Waals surface area (Å²) in [5.74, 6) is 1.69. The van der Waals surface area contributed by atoms with Crippen LogP contribution in [0, 0.1) is 17.3 Å². The first-order valence-electron chi connectivity index (χ1n) is 7.64. The van der Waals surface area contributed by atoms with Gasteiger partial charge in [-0.1, -0.05) is 26.2 Å². The highest BCUT2D eigenvalue weighted by Gasteiger charge is 2.44. The summed E-state index contributed by atoms with van der Waals surface area (Å²) in [7, 11) is 0.